The molecule has 3 aliphatic rings. The van der Waals surface area contributed by atoms with Crippen LogP contribution in [0.4, 0.5) is 0 Å². The van der Waals surface area contributed by atoms with Crippen molar-refractivity contribution < 1.29 is 9.90 Å². The molecular formula is C16H20N4O2S. The van der Waals surface area contributed by atoms with Crippen molar-refractivity contribution in [3.8, 4) is 0 Å². The third kappa shape index (κ3) is 3.86. The van der Waals surface area contributed by atoms with Crippen molar-refractivity contribution in [2.75, 3.05) is 19.6 Å². The number of carboxylic acid groups (broad SMARTS) is 1. The van der Waals surface area contributed by atoms with Gasteiger partial charge in [0.2, 0.25) is 0 Å². The lowest BCUT2D eigenvalue weighted by Crippen LogP contribution is -2.58. The molecule has 3 N–H and O–H groups in total. The minimum absolute atomic E-state index is 0.217. The fraction of sp³-hybridized carbons (Fsp3) is 0.438. The Bertz CT molecular complexity index is 626. The van der Waals surface area contributed by atoms with E-state index in [0.717, 1.165) is 6.54 Å². The predicted octanol–water partition coefficient (Wildman–Crippen LogP) is 1.28. The van der Waals surface area contributed by atoms with Crippen LogP contribution < -0.4 is 10.7 Å². The van der Waals surface area contributed by atoms with Gasteiger partial charge >= 0.3 is 5.97 Å². The molecule has 0 aromatic heterocycles. The Kier molecular flexibility index (Phi) is 4.88. The molecule has 0 aliphatic carbocycles. The fourth-order valence-electron chi connectivity index (χ4n) is 3.29. The molecule has 1 unspecified atom stereocenters. The maximum Gasteiger partial charge on any atom is 0.336 e. The van der Waals surface area contributed by atoms with Crippen LogP contribution in [-0.2, 0) is 0 Å². The largest absolute Gasteiger partial charge is 0.478 e. The first-order valence-corrected chi connectivity index (χ1v) is 8.18. The van der Waals surface area contributed by atoms with Gasteiger partial charge in [-0.2, -0.15) is 5.10 Å². The molecule has 0 radical (unpaired) electrons. The lowest BCUT2D eigenvalue weighted by molar-refractivity contribution is 0.0697. The summed E-state index contributed by atoms with van der Waals surface area (Å²) in [6, 6.07) is 7.09. The normalized spacial score (nSPS) is 26.2. The summed E-state index contributed by atoms with van der Waals surface area (Å²) in [5.74, 6) is -0.295. The van der Waals surface area contributed by atoms with E-state index in [0.29, 0.717) is 22.6 Å². The molecule has 1 atom stereocenters. The van der Waals surface area contributed by atoms with Gasteiger partial charge in [0.1, 0.15) is 0 Å². The third-order valence-corrected chi connectivity index (χ3v) is 4.74. The van der Waals surface area contributed by atoms with E-state index < -0.39 is 5.97 Å². The number of aromatic carboxylic acids is 1. The Labute approximate surface area is 140 Å². The number of benzene rings is 1. The Balaban J connectivity index is 1.54. The molecule has 2 bridgehead atoms. The summed E-state index contributed by atoms with van der Waals surface area (Å²) in [5.41, 5.74) is 3.54. The minimum atomic E-state index is -0.972. The van der Waals surface area contributed by atoms with E-state index in [4.69, 9.17) is 17.3 Å². The molecule has 6 nitrogen and oxygen atoms in total. The van der Waals surface area contributed by atoms with E-state index in [2.05, 4.69) is 20.7 Å². The molecule has 3 saturated heterocycles. The van der Waals surface area contributed by atoms with Gasteiger partial charge in [-0.1, -0.05) is 18.2 Å². The number of fused-ring (bicyclic) bond motifs is 3. The first-order valence-electron chi connectivity index (χ1n) is 7.78. The van der Waals surface area contributed by atoms with Crippen LogP contribution in [-0.4, -0.2) is 53.0 Å². The van der Waals surface area contributed by atoms with E-state index in [1.807, 2.05) is 0 Å². The van der Waals surface area contributed by atoms with Crippen LogP contribution in [0.25, 0.3) is 0 Å². The first-order chi connectivity index (χ1) is 11.1. The van der Waals surface area contributed by atoms with Crippen molar-refractivity contribution in [3.63, 3.8) is 0 Å². The van der Waals surface area contributed by atoms with Gasteiger partial charge in [-0.25, -0.2) is 4.79 Å². The fourth-order valence-corrected chi connectivity index (χ4v) is 3.50. The molecule has 0 spiro atoms. The van der Waals surface area contributed by atoms with Crippen molar-refractivity contribution in [2.24, 2.45) is 11.0 Å². The third-order valence-electron chi connectivity index (χ3n) is 4.53. The van der Waals surface area contributed by atoms with Gasteiger partial charge in [0.15, 0.2) is 5.11 Å². The summed E-state index contributed by atoms with van der Waals surface area (Å²) in [5, 5.41) is 17.0. The minimum Gasteiger partial charge on any atom is -0.478 e. The van der Waals surface area contributed by atoms with E-state index in [1.165, 1.54) is 32.1 Å². The number of carbonyl (C=O) groups is 1. The molecule has 0 amide bonds. The number of rotatable bonds is 4. The van der Waals surface area contributed by atoms with Crippen molar-refractivity contribution in [2.45, 2.75) is 18.9 Å². The van der Waals surface area contributed by atoms with Crippen molar-refractivity contribution in [1.29, 1.82) is 0 Å². The Hall–Kier alpha value is -1.99. The molecular weight excluding hydrogens is 312 g/mol. The van der Waals surface area contributed by atoms with Crippen molar-refractivity contribution in [3.05, 3.63) is 35.4 Å². The van der Waals surface area contributed by atoms with Crippen LogP contribution in [0.5, 0.6) is 0 Å². The molecule has 4 rings (SSSR count). The number of carboxylic acids is 1. The van der Waals surface area contributed by atoms with Gasteiger partial charge in [-0.15, -0.1) is 0 Å². The zero-order chi connectivity index (χ0) is 16.2. The van der Waals surface area contributed by atoms with Gasteiger partial charge < -0.3 is 15.3 Å². The SMILES string of the molecule is O=C(O)c1ccccc1/C=N\NC(=S)NC1CN2CCC1CC2. The number of hydrazone groups is 1. The monoisotopic (exact) mass is 332 g/mol. The number of hydrogen-bond acceptors (Lipinski definition) is 4. The molecule has 3 aliphatic heterocycles. The molecule has 1 aromatic rings. The zero-order valence-corrected chi connectivity index (χ0v) is 13.6. The number of piperidine rings is 3. The van der Waals surface area contributed by atoms with Crippen molar-refractivity contribution >= 4 is 29.5 Å². The topological polar surface area (TPSA) is 77.0 Å². The average molecular weight is 332 g/mol. The maximum atomic E-state index is 11.1. The van der Waals surface area contributed by atoms with Crippen LogP contribution in [0.15, 0.2) is 29.4 Å². The maximum absolute atomic E-state index is 11.1. The quantitative estimate of drug-likeness (QED) is 0.438. The summed E-state index contributed by atoms with van der Waals surface area (Å²) in [6.07, 6.45) is 3.92. The lowest BCUT2D eigenvalue weighted by Gasteiger charge is -2.45. The van der Waals surface area contributed by atoms with Crippen LogP contribution >= 0.6 is 12.2 Å². The summed E-state index contributed by atoms with van der Waals surface area (Å²) < 4.78 is 0. The van der Waals surface area contributed by atoms with E-state index in [-0.39, 0.29) is 5.56 Å². The van der Waals surface area contributed by atoms with E-state index in [1.54, 1.807) is 24.3 Å². The molecule has 7 heteroatoms. The average Bonchev–Trinajstić information content (AvgIpc) is 2.56. The highest BCUT2D eigenvalue weighted by atomic mass is 32.1. The van der Waals surface area contributed by atoms with E-state index >= 15 is 0 Å². The first kappa shape index (κ1) is 15.9. The molecule has 1 aromatic carbocycles. The molecule has 3 fully saturated rings. The highest BCUT2D eigenvalue weighted by Crippen LogP contribution is 2.27. The number of nitrogens with zero attached hydrogens (tertiary/aromatic N) is 2. The van der Waals surface area contributed by atoms with Crippen molar-refractivity contribution in [1.82, 2.24) is 15.6 Å². The smallest absolute Gasteiger partial charge is 0.336 e. The second-order valence-electron chi connectivity index (χ2n) is 5.98. The highest BCUT2D eigenvalue weighted by molar-refractivity contribution is 7.80. The number of hydrogen-bond donors (Lipinski definition) is 3. The summed E-state index contributed by atoms with van der Waals surface area (Å²) in [7, 11) is 0. The second-order valence-corrected chi connectivity index (χ2v) is 6.39. The standard InChI is InChI=1S/C16H20N4O2S/c21-15(22)13-4-2-1-3-12(13)9-17-19-16(23)18-14-10-20-7-5-11(14)6-8-20/h1-4,9,11,14H,5-8,10H2,(H,21,22)(H2,18,19,23)/b17-9-. The molecule has 3 heterocycles. The molecule has 23 heavy (non-hydrogen) atoms. The van der Waals surface area contributed by atoms with Gasteiger partial charge in [0.05, 0.1) is 11.8 Å². The van der Waals surface area contributed by atoms with Gasteiger partial charge in [-0.05, 0) is 50.1 Å². The van der Waals surface area contributed by atoms with Crippen LogP contribution in [0.3, 0.4) is 0 Å². The Morgan fingerprint density at radius 3 is 2.74 bits per heavy atom. The van der Waals surface area contributed by atoms with Gasteiger partial charge in [0, 0.05) is 18.2 Å². The van der Waals surface area contributed by atoms with Crippen LogP contribution in [0, 0.1) is 5.92 Å². The highest BCUT2D eigenvalue weighted by Gasteiger charge is 2.34. The van der Waals surface area contributed by atoms with Crippen LogP contribution in [0.1, 0.15) is 28.8 Å². The summed E-state index contributed by atoms with van der Waals surface area (Å²) >= 11 is 5.28. The van der Waals surface area contributed by atoms with Crippen LogP contribution in [0.2, 0.25) is 0 Å². The van der Waals surface area contributed by atoms with E-state index in [9.17, 15) is 4.79 Å². The van der Waals surface area contributed by atoms with Gasteiger partial charge in [0.25, 0.3) is 0 Å². The summed E-state index contributed by atoms with van der Waals surface area (Å²) in [6.45, 7) is 3.40. The lowest BCUT2D eigenvalue weighted by atomic mass is 9.84. The Morgan fingerprint density at radius 2 is 2.09 bits per heavy atom. The number of nitrogens with one attached hydrogen (secondary N) is 2. The van der Waals surface area contributed by atoms with Gasteiger partial charge in [-0.3, -0.25) is 5.43 Å². The summed E-state index contributed by atoms with van der Waals surface area (Å²) in [4.78, 5) is 13.6. The Morgan fingerprint density at radius 1 is 1.35 bits per heavy atom. The number of thiocarbonyl (C=S) groups is 1. The molecule has 0 saturated carbocycles. The second kappa shape index (κ2) is 7.06. The predicted molar refractivity (Wildman–Crippen MR) is 92.8 cm³/mol. The zero-order valence-electron chi connectivity index (χ0n) is 12.7. The molecule has 122 valence electrons.